The lowest BCUT2D eigenvalue weighted by Crippen LogP contribution is -2.41. The molecule has 2 rings (SSSR count). The first kappa shape index (κ1) is 14.7. The number of hydrogen-bond acceptors (Lipinski definition) is 4. The molecule has 0 aliphatic carbocycles. The Hall–Kier alpha value is -1.75. The summed E-state index contributed by atoms with van der Waals surface area (Å²) in [4.78, 5) is 2.28. The van der Waals surface area contributed by atoms with Crippen LogP contribution in [0.25, 0.3) is 0 Å². The first-order chi connectivity index (χ1) is 9.67. The average Bonchev–Trinajstić information content (AvgIpc) is 2.46. The Kier molecular flexibility index (Phi) is 4.84. The number of para-hydroxylation sites is 1. The number of hydrogen-bond donors (Lipinski definition) is 2. The number of ether oxygens (including phenoxy) is 1. The van der Waals surface area contributed by atoms with Crippen LogP contribution < -0.4 is 10.6 Å². The van der Waals surface area contributed by atoms with Gasteiger partial charge in [-0.3, -0.25) is 0 Å². The Morgan fingerprint density at radius 3 is 3.05 bits per heavy atom. The molecule has 1 aromatic rings. The Balaban J connectivity index is 2.31. The molecule has 20 heavy (non-hydrogen) atoms. The summed E-state index contributed by atoms with van der Waals surface area (Å²) in [7, 11) is 0. The maximum atomic E-state index is 8.96. The number of benzene rings is 1. The number of anilines is 1. The van der Waals surface area contributed by atoms with Gasteiger partial charge in [0.05, 0.1) is 11.8 Å². The average molecular weight is 277 g/mol. The lowest BCUT2D eigenvalue weighted by molar-refractivity contribution is 0.0526. The van der Waals surface area contributed by atoms with Gasteiger partial charge in [-0.2, -0.15) is 0 Å². The van der Waals surface area contributed by atoms with Crippen molar-refractivity contribution in [2.75, 3.05) is 24.6 Å². The Morgan fingerprint density at radius 2 is 2.35 bits per heavy atom. The van der Waals surface area contributed by atoms with E-state index in [1.165, 1.54) is 0 Å². The molecular weight excluding hydrogens is 254 g/mol. The predicted molar refractivity (Wildman–Crippen MR) is 80.6 cm³/mol. The van der Waals surface area contributed by atoms with Crippen LogP contribution in [0.2, 0.25) is 0 Å². The highest BCUT2D eigenvalue weighted by Gasteiger charge is 2.24. The van der Waals surface area contributed by atoms with Gasteiger partial charge in [0.25, 0.3) is 0 Å². The number of amidine groups is 1. The Bertz CT molecular complexity index is 486. The summed E-state index contributed by atoms with van der Waals surface area (Å²) in [5.41, 5.74) is 8.77. The smallest absolute Gasteiger partial charge is 0.172 e. The fourth-order valence-electron chi connectivity index (χ4n) is 2.85. The lowest BCUT2D eigenvalue weighted by atomic mass is 10.0. The standard InChI is InChI=1S/C15H23N3O2/c1-3-20-12-7-5-9-18(10-12)14-11(2)6-4-8-13(14)15(16)17-19/h4,6,8,12,19H,3,5,7,9-10H2,1-2H3,(H2,16,17). The van der Waals surface area contributed by atoms with Gasteiger partial charge >= 0.3 is 0 Å². The first-order valence-electron chi connectivity index (χ1n) is 7.11. The molecule has 0 amide bonds. The molecule has 5 heteroatoms. The van der Waals surface area contributed by atoms with E-state index in [-0.39, 0.29) is 11.9 Å². The third kappa shape index (κ3) is 3.04. The molecule has 5 nitrogen and oxygen atoms in total. The summed E-state index contributed by atoms with van der Waals surface area (Å²) in [6.45, 7) is 6.63. The molecule has 0 aromatic heterocycles. The molecule has 1 fully saturated rings. The number of aryl methyl sites for hydroxylation is 1. The van der Waals surface area contributed by atoms with Crippen LogP contribution in [0.15, 0.2) is 23.4 Å². The fourth-order valence-corrected chi connectivity index (χ4v) is 2.85. The second-order valence-electron chi connectivity index (χ2n) is 5.12. The van der Waals surface area contributed by atoms with E-state index in [0.29, 0.717) is 0 Å². The van der Waals surface area contributed by atoms with Gasteiger partial charge in [-0.05, 0) is 38.3 Å². The second kappa shape index (κ2) is 6.61. The van der Waals surface area contributed by atoms with Crippen molar-refractivity contribution in [1.82, 2.24) is 0 Å². The second-order valence-corrected chi connectivity index (χ2v) is 5.12. The quantitative estimate of drug-likeness (QED) is 0.382. The van der Waals surface area contributed by atoms with Gasteiger partial charge in [-0.1, -0.05) is 17.3 Å². The van der Waals surface area contributed by atoms with Crippen LogP contribution in [0.4, 0.5) is 5.69 Å². The van der Waals surface area contributed by atoms with E-state index in [1.54, 1.807) is 0 Å². The summed E-state index contributed by atoms with van der Waals surface area (Å²) >= 11 is 0. The van der Waals surface area contributed by atoms with Crippen molar-refractivity contribution in [3.8, 4) is 0 Å². The molecule has 1 unspecified atom stereocenters. The highest BCUT2D eigenvalue weighted by atomic mass is 16.5. The van der Waals surface area contributed by atoms with Crippen LogP contribution in [0.3, 0.4) is 0 Å². The molecule has 0 spiro atoms. The van der Waals surface area contributed by atoms with Crippen LogP contribution in [-0.4, -0.2) is 36.8 Å². The molecule has 0 saturated carbocycles. The summed E-state index contributed by atoms with van der Waals surface area (Å²) in [5.74, 6) is 0.155. The van der Waals surface area contributed by atoms with E-state index in [1.807, 2.05) is 32.0 Å². The summed E-state index contributed by atoms with van der Waals surface area (Å²) in [6, 6.07) is 5.87. The van der Waals surface area contributed by atoms with E-state index in [0.717, 1.165) is 49.4 Å². The van der Waals surface area contributed by atoms with Crippen LogP contribution in [0.5, 0.6) is 0 Å². The maximum Gasteiger partial charge on any atom is 0.172 e. The van der Waals surface area contributed by atoms with Crippen LogP contribution in [0.1, 0.15) is 30.9 Å². The summed E-state index contributed by atoms with van der Waals surface area (Å²) < 4.78 is 5.75. The monoisotopic (exact) mass is 277 g/mol. The van der Waals surface area contributed by atoms with Crippen molar-refractivity contribution in [2.24, 2.45) is 10.9 Å². The lowest BCUT2D eigenvalue weighted by Gasteiger charge is -2.36. The molecule has 1 aromatic carbocycles. The third-order valence-electron chi connectivity index (χ3n) is 3.72. The van der Waals surface area contributed by atoms with Gasteiger partial charge in [0.15, 0.2) is 5.84 Å². The topological polar surface area (TPSA) is 71.1 Å². The molecule has 1 heterocycles. The minimum absolute atomic E-state index is 0.155. The number of nitrogens with zero attached hydrogens (tertiary/aromatic N) is 2. The van der Waals surface area contributed by atoms with E-state index in [9.17, 15) is 0 Å². The largest absolute Gasteiger partial charge is 0.409 e. The summed E-state index contributed by atoms with van der Waals surface area (Å²) in [5, 5.41) is 12.1. The van der Waals surface area contributed by atoms with Gasteiger partial charge in [-0.25, -0.2) is 0 Å². The Morgan fingerprint density at radius 1 is 1.55 bits per heavy atom. The minimum Gasteiger partial charge on any atom is -0.409 e. The van der Waals surface area contributed by atoms with Crippen molar-refractivity contribution in [2.45, 2.75) is 32.8 Å². The van der Waals surface area contributed by atoms with Gasteiger partial charge in [-0.15, -0.1) is 0 Å². The molecular formula is C15H23N3O2. The van der Waals surface area contributed by atoms with Gasteiger partial charge < -0.3 is 20.6 Å². The predicted octanol–water partition coefficient (Wildman–Crippen LogP) is 2.09. The van der Waals surface area contributed by atoms with Crippen LogP contribution in [0, 0.1) is 6.92 Å². The van der Waals surface area contributed by atoms with Crippen molar-refractivity contribution in [3.63, 3.8) is 0 Å². The normalized spacial score (nSPS) is 20.2. The molecule has 1 aliphatic rings. The van der Waals surface area contributed by atoms with Crippen molar-refractivity contribution < 1.29 is 9.94 Å². The zero-order valence-corrected chi connectivity index (χ0v) is 12.2. The summed E-state index contributed by atoms with van der Waals surface area (Å²) in [6.07, 6.45) is 2.44. The van der Waals surface area contributed by atoms with Crippen molar-refractivity contribution in [1.29, 1.82) is 0 Å². The molecule has 1 saturated heterocycles. The Labute approximate surface area is 120 Å². The van der Waals surface area contributed by atoms with Crippen molar-refractivity contribution >= 4 is 11.5 Å². The number of nitrogens with two attached hydrogens (primary N) is 1. The minimum atomic E-state index is 0.155. The number of piperidine rings is 1. The number of rotatable bonds is 4. The highest BCUT2D eigenvalue weighted by molar-refractivity contribution is 6.02. The third-order valence-corrected chi connectivity index (χ3v) is 3.72. The molecule has 1 atom stereocenters. The fraction of sp³-hybridized carbons (Fsp3) is 0.533. The molecule has 3 N–H and O–H groups in total. The van der Waals surface area contributed by atoms with Crippen LogP contribution >= 0.6 is 0 Å². The van der Waals surface area contributed by atoms with Gasteiger partial charge in [0.2, 0.25) is 0 Å². The van der Waals surface area contributed by atoms with E-state index >= 15 is 0 Å². The van der Waals surface area contributed by atoms with E-state index in [4.69, 9.17) is 15.7 Å². The van der Waals surface area contributed by atoms with E-state index < -0.39 is 0 Å². The van der Waals surface area contributed by atoms with Crippen molar-refractivity contribution in [3.05, 3.63) is 29.3 Å². The molecule has 0 bridgehead atoms. The highest BCUT2D eigenvalue weighted by Crippen LogP contribution is 2.28. The zero-order chi connectivity index (χ0) is 14.5. The molecule has 0 radical (unpaired) electrons. The van der Waals surface area contributed by atoms with Crippen LogP contribution in [-0.2, 0) is 4.74 Å². The first-order valence-corrected chi connectivity index (χ1v) is 7.11. The van der Waals surface area contributed by atoms with Gasteiger partial charge in [0, 0.05) is 25.3 Å². The maximum absolute atomic E-state index is 8.96. The van der Waals surface area contributed by atoms with E-state index in [2.05, 4.69) is 10.1 Å². The molecule has 1 aliphatic heterocycles. The van der Waals surface area contributed by atoms with Gasteiger partial charge in [0.1, 0.15) is 0 Å². The zero-order valence-electron chi connectivity index (χ0n) is 12.2. The number of oxime groups is 1. The molecule has 110 valence electrons. The SMILES string of the molecule is CCOC1CCCN(c2c(C)cccc2/C(N)=N/O)C1.